The highest BCUT2D eigenvalue weighted by molar-refractivity contribution is 5.99. The highest BCUT2D eigenvalue weighted by Gasteiger charge is 2.21. The Labute approximate surface area is 142 Å². The van der Waals surface area contributed by atoms with Crippen molar-refractivity contribution in [1.29, 1.82) is 0 Å². The number of nitrogens with zero attached hydrogens (tertiary/aromatic N) is 1. The summed E-state index contributed by atoms with van der Waals surface area (Å²) in [5.41, 5.74) is 7.42. The predicted octanol–water partition coefficient (Wildman–Crippen LogP) is 2.28. The molecular weight excluding hydrogens is 306 g/mol. The molecule has 2 fully saturated rings. The van der Waals surface area contributed by atoms with Gasteiger partial charge in [0.05, 0.1) is 23.9 Å². The number of hydrogen-bond acceptors (Lipinski definition) is 4. The van der Waals surface area contributed by atoms with Gasteiger partial charge >= 0.3 is 0 Å². The summed E-state index contributed by atoms with van der Waals surface area (Å²) in [5.74, 6) is -0.573. The van der Waals surface area contributed by atoms with Gasteiger partial charge in [0.25, 0.3) is 0 Å². The smallest absolute Gasteiger partial charge is 0.248 e. The van der Waals surface area contributed by atoms with Gasteiger partial charge in [0.1, 0.15) is 0 Å². The molecule has 0 aromatic heterocycles. The molecule has 2 aliphatic heterocycles. The van der Waals surface area contributed by atoms with Gasteiger partial charge in [-0.05, 0) is 50.3 Å². The molecule has 0 radical (unpaired) electrons. The molecule has 2 amide bonds. The fourth-order valence-electron chi connectivity index (χ4n) is 3.41. The topological polar surface area (TPSA) is 84.7 Å². The van der Waals surface area contributed by atoms with Crippen molar-refractivity contribution in [2.75, 3.05) is 29.9 Å². The maximum atomic E-state index is 12.4. The average Bonchev–Trinajstić information content (AvgIpc) is 3.08. The maximum Gasteiger partial charge on any atom is 0.248 e. The van der Waals surface area contributed by atoms with Crippen LogP contribution in [0.5, 0.6) is 0 Å². The number of rotatable bonds is 5. The number of benzene rings is 1. The summed E-state index contributed by atoms with van der Waals surface area (Å²) in [6.45, 7) is 2.66. The quantitative estimate of drug-likeness (QED) is 0.867. The number of primary amides is 1. The first-order chi connectivity index (χ1) is 11.6. The number of anilines is 2. The molecule has 3 N–H and O–H groups in total. The third-order valence-corrected chi connectivity index (χ3v) is 4.69. The normalized spacial score (nSPS) is 20.8. The number of carbonyl (C=O) groups excluding carboxylic acids is 2. The van der Waals surface area contributed by atoms with Gasteiger partial charge in [-0.15, -0.1) is 0 Å². The van der Waals surface area contributed by atoms with Gasteiger partial charge in [-0.3, -0.25) is 9.59 Å². The van der Waals surface area contributed by atoms with E-state index in [1.54, 1.807) is 12.1 Å². The molecule has 6 heteroatoms. The van der Waals surface area contributed by atoms with E-state index in [1.807, 2.05) is 6.07 Å². The molecule has 2 saturated heterocycles. The number of carbonyl (C=O) groups is 2. The Hall–Kier alpha value is -2.08. The lowest BCUT2D eigenvalue weighted by molar-refractivity contribution is -0.118. The summed E-state index contributed by atoms with van der Waals surface area (Å²) in [7, 11) is 0. The van der Waals surface area contributed by atoms with Crippen molar-refractivity contribution in [3.63, 3.8) is 0 Å². The molecule has 0 unspecified atom stereocenters. The van der Waals surface area contributed by atoms with Crippen LogP contribution in [0.2, 0.25) is 0 Å². The van der Waals surface area contributed by atoms with E-state index in [0.29, 0.717) is 17.7 Å². The van der Waals surface area contributed by atoms with Crippen LogP contribution in [0, 0.1) is 0 Å². The van der Waals surface area contributed by atoms with Crippen LogP contribution in [0.3, 0.4) is 0 Å². The molecule has 0 saturated carbocycles. The van der Waals surface area contributed by atoms with Gasteiger partial charge in [-0.25, -0.2) is 0 Å². The Bertz CT molecular complexity index is 606. The van der Waals surface area contributed by atoms with Crippen molar-refractivity contribution in [2.45, 2.75) is 44.6 Å². The van der Waals surface area contributed by atoms with Crippen LogP contribution in [0.1, 0.15) is 48.9 Å². The van der Waals surface area contributed by atoms with Crippen molar-refractivity contribution in [2.24, 2.45) is 5.73 Å². The number of nitrogens with two attached hydrogens (primary N) is 1. The van der Waals surface area contributed by atoms with Gasteiger partial charge < -0.3 is 20.7 Å². The van der Waals surface area contributed by atoms with E-state index in [1.165, 1.54) is 6.42 Å². The van der Waals surface area contributed by atoms with Crippen LogP contribution < -0.4 is 16.0 Å². The van der Waals surface area contributed by atoms with Crippen LogP contribution in [-0.2, 0) is 9.53 Å². The van der Waals surface area contributed by atoms with Crippen molar-refractivity contribution in [1.82, 2.24) is 0 Å². The van der Waals surface area contributed by atoms with Crippen molar-refractivity contribution in [3.05, 3.63) is 23.8 Å². The molecule has 0 aliphatic carbocycles. The summed E-state index contributed by atoms with van der Waals surface area (Å²) in [6, 6.07) is 5.29. The Morgan fingerprint density at radius 3 is 2.67 bits per heavy atom. The minimum atomic E-state index is -0.491. The maximum absolute atomic E-state index is 12.4. The molecule has 6 nitrogen and oxygen atoms in total. The van der Waals surface area contributed by atoms with Crippen molar-refractivity contribution >= 4 is 23.2 Å². The first-order valence-corrected chi connectivity index (χ1v) is 8.74. The second-order valence-electron chi connectivity index (χ2n) is 6.53. The lowest BCUT2D eigenvalue weighted by Gasteiger charge is -2.30. The summed E-state index contributed by atoms with van der Waals surface area (Å²) < 4.78 is 5.52. The van der Waals surface area contributed by atoms with E-state index in [0.717, 1.165) is 51.1 Å². The predicted molar refractivity (Wildman–Crippen MR) is 93.2 cm³/mol. The lowest BCUT2D eigenvalue weighted by atomic mass is 10.1. The van der Waals surface area contributed by atoms with Gasteiger partial charge in [0.2, 0.25) is 11.8 Å². The molecule has 1 aromatic carbocycles. The molecule has 3 rings (SSSR count). The number of piperidine rings is 1. The van der Waals surface area contributed by atoms with E-state index in [-0.39, 0.29) is 12.0 Å². The van der Waals surface area contributed by atoms with Gasteiger partial charge in [0, 0.05) is 25.3 Å². The van der Waals surface area contributed by atoms with E-state index >= 15 is 0 Å². The highest BCUT2D eigenvalue weighted by atomic mass is 16.5. The summed E-state index contributed by atoms with van der Waals surface area (Å²) in [5, 5.41) is 2.96. The molecule has 1 aromatic rings. The largest absolute Gasteiger partial charge is 0.378 e. The van der Waals surface area contributed by atoms with Crippen LogP contribution >= 0.6 is 0 Å². The minimum Gasteiger partial charge on any atom is -0.378 e. The first kappa shape index (κ1) is 16.8. The number of amides is 2. The monoisotopic (exact) mass is 331 g/mol. The molecule has 2 heterocycles. The first-order valence-electron chi connectivity index (χ1n) is 8.74. The second-order valence-corrected chi connectivity index (χ2v) is 6.53. The molecule has 0 spiro atoms. The van der Waals surface area contributed by atoms with E-state index in [4.69, 9.17) is 10.5 Å². The number of hydrogen-bond donors (Lipinski definition) is 2. The molecular formula is C18H25N3O3. The molecule has 24 heavy (non-hydrogen) atoms. The van der Waals surface area contributed by atoms with Crippen molar-refractivity contribution < 1.29 is 14.3 Å². The Morgan fingerprint density at radius 1 is 1.21 bits per heavy atom. The zero-order chi connectivity index (χ0) is 16.9. The SMILES string of the molecule is NC(=O)c1ccc(N2CCCCC2)c(NC(=O)C[C@@H]2CCCO2)c1. The van der Waals surface area contributed by atoms with E-state index < -0.39 is 5.91 Å². The zero-order valence-corrected chi connectivity index (χ0v) is 13.9. The van der Waals surface area contributed by atoms with E-state index in [9.17, 15) is 9.59 Å². The number of nitrogens with one attached hydrogen (secondary N) is 1. The Morgan fingerprint density at radius 2 is 2.00 bits per heavy atom. The molecule has 2 aliphatic rings. The molecule has 0 bridgehead atoms. The third-order valence-electron chi connectivity index (χ3n) is 4.69. The standard InChI is InChI=1S/C18H25N3O3/c19-18(23)13-6-7-16(21-8-2-1-3-9-21)15(11-13)20-17(22)12-14-5-4-10-24-14/h6-7,11,14H,1-5,8-10,12H2,(H2,19,23)(H,20,22)/t14-/m0/s1. The fraction of sp³-hybridized carbons (Fsp3) is 0.556. The van der Waals surface area contributed by atoms with Crippen LogP contribution in [0.15, 0.2) is 18.2 Å². The summed E-state index contributed by atoms with van der Waals surface area (Å²) in [6.07, 6.45) is 5.79. The van der Waals surface area contributed by atoms with Gasteiger partial charge in [-0.1, -0.05) is 0 Å². The van der Waals surface area contributed by atoms with Gasteiger partial charge in [0.15, 0.2) is 0 Å². The lowest BCUT2D eigenvalue weighted by Crippen LogP contribution is -2.31. The third kappa shape index (κ3) is 4.06. The van der Waals surface area contributed by atoms with Gasteiger partial charge in [-0.2, -0.15) is 0 Å². The Balaban J connectivity index is 1.77. The fourth-order valence-corrected chi connectivity index (χ4v) is 3.41. The summed E-state index contributed by atoms with van der Waals surface area (Å²) in [4.78, 5) is 26.1. The number of ether oxygens (including phenoxy) is 1. The molecule has 1 atom stereocenters. The van der Waals surface area contributed by atoms with Crippen LogP contribution in [-0.4, -0.2) is 37.6 Å². The zero-order valence-electron chi connectivity index (χ0n) is 13.9. The van der Waals surface area contributed by atoms with Crippen molar-refractivity contribution in [3.8, 4) is 0 Å². The summed E-state index contributed by atoms with van der Waals surface area (Å²) >= 11 is 0. The molecule has 130 valence electrons. The second kappa shape index (κ2) is 7.66. The Kier molecular flexibility index (Phi) is 5.35. The average molecular weight is 331 g/mol. The van der Waals surface area contributed by atoms with Crippen LogP contribution in [0.25, 0.3) is 0 Å². The van der Waals surface area contributed by atoms with E-state index in [2.05, 4.69) is 10.2 Å². The van der Waals surface area contributed by atoms with Crippen LogP contribution in [0.4, 0.5) is 11.4 Å². The minimum absolute atomic E-state index is 0.00256. The highest BCUT2D eigenvalue weighted by Crippen LogP contribution is 2.30.